The molecule has 0 saturated carbocycles. The number of aryl methyl sites for hydroxylation is 1. The number of nitrogens with one attached hydrogen (secondary N) is 1. The molecular formula is C31H29N7O4S. The minimum atomic E-state index is -4.15. The Balaban J connectivity index is 1.34. The number of hydrogen-bond donors (Lipinski definition) is 2. The lowest BCUT2D eigenvalue weighted by molar-refractivity contribution is 0.0342. The molecule has 1 fully saturated rings. The van der Waals surface area contributed by atoms with Gasteiger partial charge in [0.1, 0.15) is 17.3 Å². The summed E-state index contributed by atoms with van der Waals surface area (Å²) < 4.78 is 36.3. The van der Waals surface area contributed by atoms with Gasteiger partial charge in [-0.25, -0.2) is 22.1 Å². The number of aromatic amines is 1. The Hall–Kier alpha value is -4.78. The monoisotopic (exact) mass is 595 g/mol. The Labute approximate surface area is 247 Å². The topological polar surface area (TPSA) is 141 Å². The van der Waals surface area contributed by atoms with E-state index in [-0.39, 0.29) is 22.0 Å². The minimum Gasteiger partial charge on any atom is -0.383 e. The number of benzene rings is 3. The fourth-order valence-corrected chi connectivity index (χ4v) is 7.11. The van der Waals surface area contributed by atoms with Gasteiger partial charge in [-0.3, -0.25) is 9.69 Å². The van der Waals surface area contributed by atoms with Gasteiger partial charge in [-0.2, -0.15) is 5.10 Å². The maximum absolute atomic E-state index is 14.1. The number of nitrogen functional groups attached to an aromatic ring is 1. The molecule has 0 spiro atoms. The van der Waals surface area contributed by atoms with Gasteiger partial charge < -0.3 is 15.5 Å². The first-order valence-corrected chi connectivity index (χ1v) is 15.3. The summed E-state index contributed by atoms with van der Waals surface area (Å²) >= 11 is 0. The summed E-state index contributed by atoms with van der Waals surface area (Å²) in [6.07, 6.45) is 1.37. The summed E-state index contributed by atoms with van der Waals surface area (Å²) in [5.41, 5.74) is 10.2. The first-order valence-electron chi connectivity index (χ1n) is 13.9. The van der Waals surface area contributed by atoms with E-state index in [1.165, 1.54) is 23.0 Å². The number of imidazole rings is 1. The first kappa shape index (κ1) is 27.1. The highest BCUT2D eigenvalue weighted by atomic mass is 32.2. The number of carbonyl (C=O) groups is 1. The van der Waals surface area contributed by atoms with Gasteiger partial charge in [0.2, 0.25) is 5.78 Å². The summed E-state index contributed by atoms with van der Waals surface area (Å²) in [7, 11) is -4.15. The van der Waals surface area contributed by atoms with Gasteiger partial charge in [-0.05, 0) is 55.0 Å². The molecule has 0 aliphatic carbocycles. The Morgan fingerprint density at radius 3 is 2.60 bits per heavy atom. The molecule has 1 aliphatic rings. The quantitative estimate of drug-likeness (QED) is 0.265. The van der Waals surface area contributed by atoms with E-state index in [9.17, 15) is 13.2 Å². The van der Waals surface area contributed by atoms with Crippen molar-refractivity contribution in [3.63, 3.8) is 0 Å². The molecule has 43 heavy (non-hydrogen) atoms. The molecule has 1 saturated heterocycles. The molecule has 11 nitrogen and oxygen atoms in total. The number of H-pyrrole nitrogens is 1. The molecule has 3 aromatic carbocycles. The standard InChI is InChI=1S/C31H29N7O4S/c1-20-34-26-10-9-23(17-27(26)35-20)37-31(32)25(18-33-37)30(39)29-16-22-8-7-21(19-36-11-13-42-14-12-36)15-28(22)38(29)43(40,41)24-5-3-2-4-6-24/h2-10,15-18H,11-14,19,32H2,1H3,(H,34,35). The van der Waals surface area contributed by atoms with Crippen molar-refractivity contribution >= 4 is 43.6 Å². The highest BCUT2D eigenvalue weighted by Gasteiger charge is 2.29. The van der Waals surface area contributed by atoms with Crippen LogP contribution in [0.25, 0.3) is 27.6 Å². The minimum absolute atomic E-state index is 0.0213. The summed E-state index contributed by atoms with van der Waals surface area (Å²) in [5.74, 6) is 0.321. The number of fused-ring (bicyclic) bond motifs is 2. The van der Waals surface area contributed by atoms with E-state index in [0.29, 0.717) is 36.3 Å². The van der Waals surface area contributed by atoms with Gasteiger partial charge >= 0.3 is 0 Å². The Morgan fingerprint density at radius 1 is 1.02 bits per heavy atom. The van der Waals surface area contributed by atoms with Crippen molar-refractivity contribution in [2.24, 2.45) is 0 Å². The second kappa shape index (κ2) is 10.5. The molecule has 3 aromatic heterocycles. The lowest BCUT2D eigenvalue weighted by Gasteiger charge is -2.26. The maximum Gasteiger partial charge on any atom is 0.268 e. The largest absolute Gasteiger partial charge is 0.383 e. The Kier molecular flexibility index (Phi) is 6.61. The van der Waals surface area contributed by atoms with Crippen molar-refractivity contribution in [1.82, 2.24) is 28.6 Å². The van der Waals surface area contributed by atoms with Crippen LogP contribution in [0.2, 0.25) is 0 Å². The van der Waals surface area contributed by atoms with E-state index >= 15 is 0 Å². The van der Waals surface area contributed by atoms with E-state index in [2.05, 4.69) is 20.0 Å². The second-order valence-corrected chi connectivity index (χ2v) is 12.4. The van der Waals surface area contributed by atoms with Crippen LogP contribution in [-0.4, -0.2) is 69.1 Å². The summed E-state index contributed by atoms with van der Waals surface area (Å²) in [6, 6.07) is 20.9. The number of rotatable bonds is 7. The highest BCUT2D eigenvalue weighted by Crippen LogP contribution is 2.30. The molecule has 12 heteroatoms. The molecule has 6 aromatic rings. The van der Waals surface area contributed by atoms with E-state index < -0.39 is 15.8 Å². The van der Waals surface area contributed by atoms with Gasteiger partial charge in [-0.1, -0.05) is 30.3 Å². The number of carbonyl (C=O) groups excluding carboxylic acids is 1. The van der Waals surface area contributed by atoms with Crippen LogP contribution in [-0.2, 0) is 21.3 Å². The number of ketones is 1. The third kappa shape index (κ3) is 4.79. The van der Waals surface area contributed by atoms with Gasteiger partial charge in [0.15, 0.2) is 0 Å². The van der Waals surface area contributed by atoms with E-state index in [1.54, 1.807) is 24.3 Å². The second-order valence-electron chi connectivity index (χ2n) is 10.6. The molecule has 218 valence electrons. The number of anilines is 1. The molecule has 3 N–H and O–H groups in total. The molecule has 0 atom stereocenters. The van der Waals surface area contributed by atoms with E-state index in [0.717, 1.165) is 39.5 Å². The number of aromatic nitrogens is 5. The maximum atomic E-state index is 14.1. The van der Waals surface area contributed by atoms with Crippen LogP contribution in [0.15, 0.2) is 83.9 Å². The van der Waals surface area contributed by atoms with Crippen LogP contribution in [0.4, 0.5) is 5.82 Å². The number of nitrogens with two attached hydrogens (primary N) is 1. The number of nitrogens with zero attached hydrogens (tertiary/aromatic N) is 5. The third-order valence-electron chi connectivity index (χ3n) is 7.73. The van der Waals surface area contributed by atoms with Crippen molar-refractivity contribution in [1.29, 1.82) is 0 Å². The van der Waals surface area contributed by atoms with Crippen LogP contribution >= 0.6 is 0 Å². The third-order valence-corrected chi connectivity index (χ3v) is 9.47. The average Bonchev–Trinajstić information content (AvgIpc) is 3.71. The SMILES string of the molecule is Cc1nc2cc(-n3ncc(C(=O)c4cc5ccc(CN6CCOCC6)cc5n4S(=O)(=O)c4ccccc4)c3N)ccc2[nH]1. The Bertz CT molecular complexity index is 2110. The highest BCUT2D eigenvalue weighted by molar-refractivity contribution is 7.90. The van der Waals surface area contributed by atoms with E-state index in [4.69, 9.17) is 10.5 Å². The normalized spacial score (nSPS) is 14.5. The smallest absolute Gasteiger partial charge is 0.268 e. The van der Waals surface area contributed by atoms with Crippen molar-refractivity contribution in [2.45, 2.75) is 18.4 Å². The molecule has 1 aliphatic heterocycles. The van der Waals surface area contributed by atoms with Crippen molar-refractivity contribution in [3.05, 3.63) is 102 Å². The first-order chi connectivity index (χ1) is 20.8. The lowest BCUT2D eigenvalue weighted by Crippen LogP contribution is -2.35. The fraction of sp³-hybridized carbons (Fsp3) is 0.194. The number of ether oxygens (including phenoxy) is 1. The zero-order valence-corrected chi connectivity index (χ0v) is 24.2. The van der Waals surface area contributed by atoms with Crippen molar-refractivity contribution < 1.29 is 17.9 Å². The van der Waals surface area contributed by atoms with Crippen LogP contribution in [0.3, 0.4) is 0 Å². The molecule has 0 amide bonds. The number of morpholine rings is 1. The van der Waals surface area contributed by atoms with Crippen LogP contribution in [0.5, 0.6) is 0 Å². The fourth-order valence-electron chi connectivity index (χ4n) is 5.58. The van der Waals surface area contributed by atoms with Crippen LogP contribution < -0.4 is 5.73 Å². The average molecular weight is 596 g/mol. The van der Waals surface area contributed by atoms with Gasteiger partial charge in [0, 0.05) is 25.0 Å². The van der Waals surface area contributed by atoms with Crippen LogP contribution in [0, 0.1) is 6.92 Å². The van der Waals surface area contributed by atoms with Crippen molar-refractivity contribution in [3.8, 4) is 5.69 Å². The predicted octanol–water partition coefficient (Wildman–Crippen LogP) is 3.89. The number of hydrogen-bond acceptors (Lipinski definition) is 8. The van der Waals surface area contributed by atoms with Crippen LogP contribution in [0.1, 0.15) is 27.4 Å². The summed E-state index contributed by atoms with van der Waals surface area (Å²) in [5, 5.41) is 5.01. The zero-order chi connectivity index (χ0) is 29.7. The van der Waals surface area contributed by atoms with Gasteiger partial charge in [-0.15, -0.1) is 0 Å². The molecule has 0 unspecified atom stereocenters. The van der Waals surface area contributed by atoms with Gasteiger partial charge in [0.05, 0.1) is 52.1 Å². The molecule has 7 rings (SSSR count). The van der Waals surface area contributed by atoms with E-state index in [1.807, 2.05) is 43.3 Å². The summed E-state index contributed by atoms with van der Waals surface area (Å²) in [6.45, 7) is 5.40. The van der Waals surface area contributed by atoms with Gasteiger partial charge in [0.25, 0.3) is 10.0 Å². The molecular weight excluding hydrogens is 566 g/mol. The molecule has 0 bridgehead atoms. The summed E-state index contributed by atoms with van der Waals surface area (Å²) in [4.78, 5) is 24.1. The lowest BCUT2D eigenvalue weighted by atomic mass is 10.1. The predicted molar refractivity (Wildman–Crippen MR) is 163 cm³/mol. The Morgan fingerprint density at radius 2 is 1.81 bits per heavy atom. The zero-order valence-electron chi connectivity index (χ0n) is 23.4. The molecule has 0 radical (unpaired) electrons. The molecule has 4 heterocycles. The van der Waals surface area contributed by atoms with Crippen molar-refractivity contribution in [2.75, 3.05) is 32.0 Å².